The van der Waals surface area contributed by atoms with Gasteiger partial charge in [0.05, 0.1) is 25.0 Å². The van der Waals surface area contributed by atoms with E-state index >= 15 is 0 Å². The summed E-state index contributed by atoms with van der Waals surface area (Å²) >= 11 is 3.37. The first-order valence-electron chi connectivity index (χ1n) is 7.05. The molecule has 1 atom stereocenters. The van der Waals surface area contributed by atoms with E-state index in [2.05, 4.69) is 21.2 Å². The number of hydrogen-bond acceptors (Lipinski definition) is 3. The smallest absolute Gasteiger partial charge is 0.128 e. The molecule has 22 heavy (non-hydrogen) atoms. The van der Waals surface area contributed by atoms with Gasteiger partial charge in [0.25, 0.3) is 0 Å². The lowest BCUT2D eigenvalue weighted by Gasteiger charge is -2.15. The van der Waals surface area contributed by atoms with Gasteiger partial charge in [0.2, 0.25) is 0 Å². The van der Waals surface area contributed by atoms with Gasteiger partial charge in [0.15, 0.2) is 0 Å². The highest BCUT2D eigenvalue weighted by molar-refractivity contribution is 9.10. The average molecular weight is 368 g/mol. The number of nitrogens with one attached hydrogen (secondary N) is 1. The van der Waals surface area contributed by atoms with Crippen LogP contribution in [0.4, 0.5) is 10.1 Å². The third kappa shape index (κ3) is 5.09. The summed E-state index contributed by atoms with van der Waals surface area (Å²) in [7, 11) is 0. The van der Waals surface area contributed by atoms with E-state index in [-0.39, 0.29) is 19.0 Å². The second kappa shape index (κ2) is 8.27. The molecular weight excluding hydrogens is 349 g/mol. The lowest BCUT2D eigenvalue weighted by Crippen LogP contribution is -2.25. The van der Waals surface area contributed by atoms with Crippen molar-refractivity contribution in [1.82, 2.24) is 0 Å². The fourth-order valence-electron chi connectivity index (χ4n) is 1.96. The summed E-state index contributed by atoms with van der Waals surface area (Å²) in [5.41, 5.74) is 2.25. The van der Waals surface area contributed by atoms with Gasteiger partial charge in [-0.1, -0.05) is 30.3 Å². The highest BCUT2D eigenvalue weighted by Gasteiger charge is 2.08. The molecule has 2 rings (SSSR count). The van der Waals surface area contributed by atoms with E-state index in [1.807, 2.05) is 30.3 Å². The first kappa shape index (κ1) is 16.9. The van der Waals surface area contributed by atoms with Crippen LogP contribution in [0.3, 0.4) is 0 Å². The van der Waals surface area contributed by atoms with Crippen molar-refractivity contribution in [1.29, 1.82) is 0 Å². The molecular formula is C17H19BrFNO2. The average Bonchev–Trinajstić information content (AvgIpc) is 2.50. The Morgan fingerprint density at radius 1 is 1.27 bits per heavy atom. The Morgan fingerprint density at radius 2 is 2.00 bits per heavy atom. The lowest BCUT2D eigenvalue weighted by atomic mass is 10.2. The molecule has 0 aliphatic heterocycles. The van der Waals surface area contributed by atoms with Gasteiger partial charge in [0, 0.05) is 11.0 Å². The summed E-state index contributed by atoms with van der Waals surface area (Å²) in [4.78, 5) is 0. The molecule has 0 aromatic heterocycles. The molecule has 0 spiro atoms. The molecule has 0 saturated heterocycles. The highest BCUT2D eigenvalue weighted by Crippen LogP contribution is 2.25. The Labute approximate surface area is 138 Å². The van der Waals surface area contributed by atoms with Gasteiger partial charge in [-0.25, -0.2) is 4.39 Å². The minimum absolute atomic E-state index is 0.216. The summed E-state index contributed by atoms with van der Waals surface area (Å²) in [6, 6.07) is 12.9. The van der Waals surface area contributed by atoms with Gasteiger partial charge in [-0.2, -0.15) is 0 Å². The van der Waals surface area contributed by atoms with Crippen LogP contribution in [0.25, 0.3) is 0 Å². The quantitative estimate of drug-likeness (QED) is 0.779. The van der Waals surface area contributed by atoms with E-state index in [1.54, 1.807) is 13.0 Å². The number of rotatable bonds is 7. The molecule has 0 bridgehead atoms. The minimum Gasteiger partial charge on any atom is -0.389 e. The molecule has 0 amide bonds. The van der Waals surface area contributed by atoms with Crippen molar-refractivity contribution in [2.24, 2.45) is 0 Å². The molecule has 118 valence electrons. The number of hydrogen-bond donors (Lipinski definition) is 2. The van der Waals surface area contributed by atoms with E-state index in [9.17, 15) is 9.50 Å². The van der Waals surface area contributed by atoms with Crippen LogP contribution in [0.1, 0.15) is 11.1 Å². The zero-order valence-corrected chi connectivity index (χ0v) is 13.9. The van der Waals surface area contributed by atoms with Crippen LogP contribution in [-0.4, -0.2) is 24.4 Å². The van der Waals surface area contributed by atoms with Crippen molar-refractivity contribution in [2.45, 2.75) is 19.6 Å². The minimum atomic E-state index is -0.667. The molecule has 0 aliphatic rings. The standard InChI is InChI=1S/C17H19BrFNO2/c1-12-7-15(18)17(8-16(12)19)20-9-14(21)11-22-10-13-5-3-2-4-6-13/h2-8,14,20-21H,9-11H2,1H3/t14-/m1/s1. The molecule has 2 aromatic rings. The van der Waals surface area contributed by atoms with Crippen molar-refractivity contribution < 1.29 is 14.2 Å². The topological polar surface area (TPSA) is 41.5 Å². The molecule has 0 saturated carbocycles. The van der Waals surface area contributed by atoms with Gasteiger partial charge in [0.1, 0.15) is 5.82 Å². The molecule has 0 fully saturated rings. The van der Waals surface area contributed by atoms with Crippen LogP contribution in [0.2, 0.25) is 0 Å². The predicted octanol–water partition coefficient (Wildman–Crippen LogP) is 3.89. The number of aryl methyl sites for hydroxylation is 1. The fourth-order valence-corrected chi connectivity index (χ4v) is 2.55. The van der Waals surface area contributed by atoms with E-state index in [0.717, 1.165) is 10.0 Å². The van der Waals surface area contributed by atoms with Gasteiger partial charge in [-0.3, -0.25) is 0 Å². The maximum atomic E-state index is 13.5. The zero-order valence-electron chi connectivity index (χ0n) is 12.4. The van der Waals surface area contributed by atoms with Crippen molar-refractivity contribution in [3.63, 3.8) is 0 Å². The Balaban J connectivity index is 1.76. The van der Waals surface area contributed by atoms with E-state index < -0.39 is 6.10 Å². The number of benzene rings is 2. The Bertz CT molecular complexity index is 607. The number of aliphatic hydroxyl groups is 1. The van der Waals surface area contributed by atoms with Crippen LogP contribution >= 0.6 is 15.9 Å². The first-order valence-corrected chi connectivity index (χ1v) is 7.85. The SMILES string of the molecule is Cc1cc(Br)c(NC[C@@H](O)COCc2ccccc2)cc1F. The number of anilines is 1. The third-order valence-electron chi connectivity index (χ3n) is 3.20. The number of aliphatic hydroxyl groups excluding tert-OH is 1. The van der Waals surface area contributed by atoms with Crippen LogP contribution < -0.4 is 5.32 Å². The van der Waals surface area contributed by atoms with Crippen LogP contribution in [-0.2, 0) is 11.3 Å². The molecule has 3 nitrogen and oxygen atoms in total. The lowest BCUT2D eigenvalue weighted by molar-refractivity contribution is 0.0348. The van der Waals surface area contributed by atoms with E-state index in [4.69, 9.17) is 4.74 Å². The Hall–Kier alpha value is -1.43. The van der Waals surface area contributed by atoms with Gasteiger partial charge in [-0.05, 0) is 46.1 Å². The summed E-state index contributed by atoms with van der Waals surface area (Å²) < 4.78 is 19.8. The monoisotopic (exact) mass is 367 g/mol. The summed E-state index contributed by atoms with van der Waals surface area (Å²) in [5, 5.41) is 12.9. The maximum absolute atomic E-state index is 13.5. The van der Waals surface area contributed by atoms with Crippen molar-refractivity contribution in [3.05, 3.63) is 63.9 Å². The Kier molecular flexibility index (Phi) is 6.36. The van der Waals surface area contributed by atoms with Crippen molar-refractivity contribution >= 4 is 21.6 Å². The molecule has 0 unspecified atom stereocenters. The zero-order chi connectivity index (χ0) is 15.9. The van der Waals surface area contributed by atoms with E-state index in [1.165, 1.54) is 6.07 Å². The third-order valence-corrected chi connectivity index (χ3v) is 3.85. The predicted molar refractivity (Wildman–Crippen MR) is 89.4 cm³/mol. The molecule has 2 N–H and O–H groups in total. The number of ether oxygens (including phenoxy) is 1. The molecule has 5 heteroatoms. The van der Waals surface area contributed by atoms with Crippen LogP contribution in [0.5, 0.6) is 0 Å². The maximum Gasteiger partial charge on any atom is 0.128 e. The van der Waals surface area contributed by atoms with Crippen LogP contribution in [0, 0.1) is 12.7 Å². The summed E-state index contributed by atoms with van der Waals surface area (Å²) in [6.07, 6.45) is -0.667. The summed E-state index contributed by atoms with van der Waals surface area (Å²) in [5.74, 6) is -0.277. The van der Waals surface area contributed by atoms with E-state index in [0.29, 0.717) is 17.9 Å². The van der Waals surface area contributed by atoms with Gasteiger partial charge < -0.3 is 15.2 Å². The van der Waals surface area contributed by atoms with Gasteiger partial charge >= 0.3 is 0 Å². The normalized spacial score (nSPS) is 12.2. The van der Waals surface area contributed by atoms with Crippen LogP contribution in [0.15, 0.2) is 46.9 Å². The fraction of sp³-hybridized carbons (Fsp3) is 0.294. The number of halogens is 2. The molecule has 0 aliphatic carbocycles. The molecule has 2 aromatic carbocycles. The van der Waals surface area contributed by atoms with Crippen molar-refractivity contribution in [2.75, 3.05) is 18.5 Å². The van der Waals surface area contributed by atoms with Gasteiger partial charge in [-0.15, -0.1) is 0 Å². The second-order valence-electron chi connectivity index (χ2n) is 5.12. The summed E-state index contributed by atoms with van der Waals surface area (Å²) in [6.45, 7) is 2.67. The first-order chi connectivity index (χ1) is 10.6. The van der Waals surface area contributed by atoms with Crippen molar-refractivity contribution in [3.8, 4) is 0 Å². The highest BCUT2D eigenvalue weighted by atomic mass is 79.9. The largest absolute Gasteiger partial charge is 0.389 e. The molecule has 0 heterocycles. The Morgan fingerprint density at radius 3 is 2.73 bits per heavy atom. The molecule has 0 radical (unpaired) electrons. The second-order valence-corrected chi connectivity index (χ2v) is 5.97.